The topological polar surface area (TPSA) is 108 Å². The number of likely N-dealkylation sites (tertiary alicyclic amines) is 1. The number of fused-ring (bicyclic) bond motifs is 1. The van der Waals surface area contributed by atoms with Crippen molar-refractivity contribution in [3.05, 3.63) is 84.1 Å². The molecule has 1 atom stereocenters. The van der Waals surface area contributed by atoms with E-state index in [1.807, 2.05) is 30.3 Å². The van der Waals surface area contributed by atoms with Crippen molar-refractivity contribution in [3.8, 4) is 17.2 Å². The number of para-hydroxylation sites is 1. The molecule has 1 aliphatic heterocycles. The molecule has 5 rings (SSSR count). The van der Waals surface area contributed by atoms with Crippen LogP contribution < -0.4 is 16.2 Å². The Labute approximate surface area is 189 Å². The highest BCUT2D eigenvalue weighted by Gasteiger charge is 2.31. The number of carbonyl (C=O) groups is 1. The third kappa shape index (κ3) is 3.63. The summed E-state index contributed by atoms with van der Waals surface area (Å²) in [6.07, 6.45) is 3.26. The van der Waals surface area contributed by atoms with Crippen LogP contribution in [-0.4, -0.2) is 43.0 Å². The average molecular weight is 442 g/mol. The lowest BCUT2D eigenvalue weighted by molar-refractivity contribution is -0.125. The molecule has 2 N–H and O–H groups in total. The van der Waals surface area contributed by atoms with Crippen LogP contribution in [0, 0.1) is 0 Å². The lowest BCUT2D eigenvalue weighted by Crippen LogP contribution is -2.31. The van der Waals surface area contributed by atoms with E-state index in [0.29, 0.717) is 42.1 Å². The minimum atomic E-state index is -0.285. The van der Waals surface area contributed by atoms with E-state index in [1.165, 1.54) is 17.0 Å². The lowest BCUT2D eigenvalue weighted by Gasteiger charge is -2.14. The predicted molar refractivity (Wildman–Crippen MR) is 124 cm³/mol. The highest BCUT2D eigenvalue weighted by Crippen LogP contribution is 2.28. The number of imidazole rings is 1. The number of ether oxygens (including phenoxy) is 1. The number of nitrogens with zero attached hydrogens (tertiary/aromatic N) is 5. The Kier molecular flexibility index (Phi) is 5.14. The molecule has 2 aromatic carbocycles. The van der Waals surface area contributed by atoms with Crippen LogP contribution in [0.4, 0.5) is 5.82 Å². The standard InChI is InChI=1S/C24H22N6O3/c1-2-20(31)28-13-12-17(14-28)30-23-21(22(25)26-15-27-23)29(24(30)32)16-8-10-19(11-9-16)33-18-6-4-3-5-7-18/h2-11,15,17H,1,12-14H2,(H2,25,26,27)/t17-/m1/s1. The van der Waals surface area contributed by atoms with Crippen molar-refractivity contribution in [3.63, 3.8) is 0 Å². The molecule has 0 spiro atoms. The molecule has 1 aliphatic rings. The lowest BCUT2D eigenvalue weighted by atomic mass is 10.2. The summed E-state index contributed by atoms with van der Waals surface area (Å²) >= 11 is 0. The number of rotatable bonds is 5. The Balaban J connectivity index is 1.55. The Bertz CT molecular complexity index is 1390. The summed E-state index contributed by atoms with van der Waals surface area (Å²) in [7, 11) is 0. The largest absolute Gasteiger partial charge is 0.457 e. The van der Waals surface area contributed by atoms with Crippen molar-refractivity contribution in [1.29, 1.82) is 0 Å². The van der Waals surface area contributed by atoms with E-state index in [9.17, 15) is 9.59 Å². The van der Waals surface area contributed by atoms with Crippen molar-refractivity contribution in [2.75, 3.05) is 18.8 Å². The van der Waals surface area contributed by atoms with Crippen LogP contribution in [0.1, 0.15) is 12.5 Å². The van der Waals surface area contributed by atoms with Crippen LogP contribution in [-0.2, 0) is 4.79 Å². The van der Waals surface area contributed by atoms with Gasteiger partial charge in [-0.05, 0) is 48.9 Å². The first-order valence-electron chi connectivity index (χ1n) is 10.5. The molecule has 3 heterocycles. The van der Waals surface area contributed by atoms with Gasteiger partial charge in [0.25, 0.3) is 0 Å². The van der Waals surface area contributed by atoms with Gasteiger partial charge < -0.3 is 15.4 Å². The van der Waals surface area contributed by atoms with E-state index in [4.69, 9.17) is 10.5 Å². The van der Waals surface area contributed by atoms with Gasteiger partial charge in [0.2, 0.25) is 5.91 Å². The van der Waals surface area contributed by atoms with Crippen LogP contribution in [0.15, 0.2) is 78.4 Å². The summed E-state index contributed by atoms with van der Waals surface area (Å²) in [6.45, 7) is 4.49. The molecule has 9 nitrogen and oxygen atoms in total. The number of nitrogens with two attached hydrogens (primary N) is 1. The number of hydrogen-bond donors (Lipinski definition) is 1. The fraction of sp³-hybridized carbons (Fsp3) is 0.167. The maximum Gasteiger partial charge on any atom is 0.335 e. The van der Waals surface area contributed by atoms with E-state index in [-0.39, 0.29) is 23.5 Å². The van der Waals surface area contributed by atoms with Gasteiger partial charge in [-0.1, -0.05) is 24.8 Å². The average Bonchev–Trinajstić information content (AvgIpc) is 3.43. The monoisotopic (exact) mass is 442 g/mol. The van der Waals surface area contributed by atoms with Crippen LogP contribution in [0.25, 0.3) is 16.9 Å². The third-order valence-electron chi connectivity index (χ3n) is 5.77. The van der Waals surface area contributed by atoms with Gasteiger partial charge in [-0.25, -0.2) is 14.8 Å². The Hall–Kier alpha value is -4.40. The maximum atomic E-state index is 13.6. The summed E-state index contributed by atoms with van der Waals surface area (Å²) < 4.78 is 8.97. The minimum Gasteiger partial charge on any atom is -0.457 e. The first-order valence-corrected chi connectivity index (χ1v) is 10.5. The second-order valence-electron chi connectivity index (χ2n) is 7.76. The number of nitrogen functional groups attached to an aromatic ring is 1. The summed E-state index contributed by atoms with van der Waals surface area (Å²) in [5.74, 6) is 1.41. The fourth-order valence-electron chi connectivity index (χ4n) is 4.21. The highest BCUT2D eigenvalue weighted by molar-refractivity contribution is 5.87. The van der Waals surface area contributed by atoms with Gasteiger partial charge in [0.15, 0.2) is 11.5 Å². The van der Waals surface area contributed by atoms with Gasteiger partial charge in [0.05, 0.1) is 11.7 Å². The van der Waals surface area contributed by atoms with E-state index in [0.717, 1.165) is 5.75 Å². The van der Waals surface area contributed by atoms with Gasteiger partial charge in [-0.15, -0.1) is 0 Å². The number of aromatic nitrogens is 4. The third-order valence-corrected chi connectivity index (χ3v) is 5.77. The molecule has 4 aromatic rings. The van der Waals surface area contributed by atoms with Gasteiger partial charge in [0.1, 0.15) is 23.3 Å². The molecular weight excluding hydrogens is 420 g/mol. The fourth-order valence-corrected chi connectivity index (χ4v) is 4.21. The summed E-state index contributed by atoms with van der Waals surface area (Å²) in [5.41, 5.74) is 7.38. The van der Waals surface area contributed by atoms with Gasteiger partial charge in [-0.2, -0.15) is 0 Å². The molecule has 9 heteroatoms. The number of amides is 1. The Morgan fingerprint density at radius 2 is 1.82 bits per heavy atom. The molecule has 0 saturated carbocycles. The summed E-state index contributed by atoms with van der Waals surface area (Å²) in [4.78, 5) is 35.8. The van der Waals surface area contributed by atoms with Crippen LogP contribution >= 0.6 is 0 Å². The highest BCUT2D eigenvalue weighted by atomic mass is 16.5. The summed E-state index contributed by atoms with van der Waals surface area (Å²) in [6, 6.07) is 16.4. The summed E-state index contributed by atoms with van der Waals surface area (Å²) in [5, 5.41) is 0. The zero-order chi connectivity index (χ0) is 22.9. The van der Waals surface area contributed by atoms with Gasteiger partial charge >= 0.3 is 5.69 Å². The normalized spacial score (nSPS) is 15.6. The molecule has 33 heavy (non-hydrogen) atoms. The Morgan fingerprint density at radius 3 is 2.55 bits per heavy atom. The van der Waals surface area contributed by atoms with Crippen LogP contribution in [0.2, 0.25) is 0 Å². The molecule has 1 amide bonds. The number of anilines is 1. The number of benzene rings is 2. The molecule has 0 bridgehead atoms. The van der Waals surface area contributed by atoms with Crippen molar-refractivity contribution in [2.45, 2.75) is 12.5 Å². The zero-order valence-electron chi connectivity index (χ0n) is 17.8. The molecule has 166 valence electrons. The maximum absolute atomic E-state index is 13.6. The predicted octanol–water partition coefficient (Wildman–Crippen LogP) is 2.92. The minimum absolute atomic E-state index is 0.155. The number of carbonyl (C=O) groups excluding carboxylic acids is 1. The van der Waals surface area contributed by atoms with E-state index in [1.54, 1.807) is 33.7 Å². The van der Waals surface area contributed by atoms with E-state index < -0.39 is 0 Å². The Morgan fingerprint density at radius 1 is 1.09 bits per heavy atom. The molecular formula is C24H22N6O3. The van der Waals surface area contributed by atoms with Crippen LogP contribution in [0.3, 0.4) is 0 Å². The smallest absolute Gasteiger partial charge is 0.335 e. The second kappa shape index (κ2) is 8.27. The zero-order valence-corrected chi connectivity index (χ0v) is 17.8. The van der Waals surface area contributed by atoms with Crippen molar-refractivity contribution >= 4 is 22.9 Å². The molecule has 1 saturated heterocycles. The molecule has 0 radical (unpaired) electrons. The van der Waals surface area contributed by atoms with Crippen molar-refractivity contribution in [2.24, 2.45) is 0 Å². The SMILES string of the molecule is C=CC(=O)N1CC[C@@H](n2c(=O)n(-c3ccc(Oc4ccccc4)cc3)c3c(N)ncnc32)C1. The van der Waals surface area contributed by atoms with Crippen molar-refractivity contribution < 1.29 is 9.53 Å². The molecule has 0 unspecified atom stereocenters. The molecule has 1 fully saturated rings. The van der Waals surface area contributed by atoms with Crippen LogP contribution in [0.5, 0.6) is 11.5 Å². The molecule has 2 aromatic heterocycles. The first kappa shape index (κ1) is 20.5. The quantitative estimate of drug-likeness (QED) is 0.476. The van der Waals surface area contributed by atoms with E-state index >= 15 is 0 Å². The number of hydrogen-bond acceptors (Lipinski definition) is 6. The van der Waals surface area contributed by atoms with Gasteiger partial charge in [-0.3, -0.25) is 13.9 Å². The first-order chi connectivity index (χ1) is 16.1. The van der Waals surface area contributed by atoms with E-state index in [2.05, 4.69) is 16.5 Å². The van der Waals surface area contributed by atoms with Crippen molar-refractivity contribution in [1.82, 2.24) is 24.0 Å². The van der Waals surface area contributed by atoms with Gasteiger partial charge in [0, 0.05) is 13.1 Å². The molecule has 0 aliphatic carbocycles. The second-order valence-corrected chi connectivity index (χ2v) is 7.76.